The smallest absolute Gasteiger partial charge is 0.237 e. The molecule has 0 spiro atoms. The van der Waals surface area contributed by atoms with E-state index in [1.54, 1.807) is 4.68 Å². The summed E-state index contributed by atoms with van der Waals surface area (Å²) in [6.45, 7) is 3.28. The maximum absolute atomic E-state index is 12.1. The van der Waals surface area contributed by atoms with Gasteiger partial charge in [0.25, 0.3) is 0 Å². The van der Waals surface area contributed by atoms with Crippen molar-refractivity contribution in [1.82, 2.24) is 20.4 Å². The molecule has 6 nitrogen and oxygen atoms in total. The van der Waals surface area contributed by atoms with Crippen LogP contribution in [0.15, 0.2) is 30.3 Å². The van der Waals surface area contributed by atoms with Gasteiger partial charge in [-0.05, 0) is 38.3 Å². The minimum Gasteiger partial charge on any atom is -0.439 e. The van der Waals surface area contributed by atoms with Gasteiger partial charge in [-0.25, -0.2) is 4.68 Å². The molecule has 0 saturated carbocycles. The number of para-hydroxylation sites is 1. The molecule has 2 heterocycles. The first-order valence-corrected chi connectivity index (χ1v) is 8.41. The minimum absolute atomic E-state index is 0.0829. The highest BCUT2D eigenvalue weighted by atomic mass is 16.5. The number of aromatic nitrogens is 2. The van der Waals surface area contributed by atoms with Crippen molar-refractivity contribution in [1.29, 1.82) is 0 Å². The zero-order chi connectivity index (χ0) is 16.9. The topological polar surface area (TPSA) is 68.2 Å². The number of carbonyl (C=O) groups excluding carboxylic acids is 1. The number of amides is 1. The molecule has 0 bridgehead atoms. The third-order valence-corrected chi connectivity index (χ3v) is 4.31. The summed E-state index contributed by atoms with van der Waals surface area (Å²) in [5.74, 6) is 1.56. The van der Waals surface area contributed by atoms with Crippen molar-refractivity contribution in [3.8, 4) is 11.6 Å². The van der Waals surface area contributed by atoms with Gasteiger partial charge in [-0.3, -0.25) is 4.79 Å². The summed E-state index contributed by atoms with van der Waals surface area (Å²) in [6.07, 6.45) is 2.95. The fraction of sp³-hybridized carbons (Fsp3) is 0.444. The summed E-state index contributed by atoms with van der Waals surface area (Å²) in [4.78, 5) is 12.1. The molecule has 3 rings (SSSR count). The summed E-state index contributed by atoms with van der Waals surface area (Å²) in [5.41, 5.74) is 1.89. The van der Waals surface area contributed by atoms with Crippen molar-refractivity contribution in [2.45, 2.75) is 38.8 Å². The number of nitrogens with one attached hydrogen (secondary N) is 2. The van der Waals surface area contributed by atoms with E-state index in [9.17, 15) is 4.79 Å². The van der Waals surface area contributed by atoms with Gasteiger partial charge < -0.3 is 15.4 Å². The second kappa shape index (κ2) is 7.49. The van der Waals surface area contributed by atoms with Crippen molar-refractivity contribution in [2.75, 3.05) is 6.54 Å². The van der Waals surface area contributed by atoms with Crippen molar-refractivity contribution in [2.24, 2.45) is 7.05 Å². The van der Waals surface area contributed by atoms with Gasteiger partial charge in [-0.15, -0.1) is 0 Å². The maximum Gasteiger partial charge on any atom is 0.237 e. The van der Waals surface area contributed by atoms with Crippen LogP contribution in [0.3, 0.4) is 0 Å². The van der Waals surface area contributed by atoms with Gasteiger partial charge in [-0.1, -0.05) is 18.2 Å². The van der Waals surface area contributed by atoms with E-state index < -0.39 is 0 Å². The Morgan fingerprint density at radius 1 is 1.33 bits per heavy atom. The van der Waals surface area contributed by atoms with Gasteiger partial charge in [0.2, 0.25) is 11.8 Å². The second-order valence-corrected chi connectivity index (χ2v) is 6.13. The Morgan fingerprint density at radius 3 is 2.92 bits per heavy atom. The van der Waals surface area contributed by atoms with Crippen LogP contribution in [-0.2, 0) is 18.4 Å². The quantitative estimate of drug-likeness (QED) is 0.883. The zero-order valence-corrected chi connectivity index (χ0v) is 14.2. The van der Waals surface area contributed by atoms with Crippen molar-refractivity contribution in [3.63, 3.8) is 0 Å². The molecule has 1 atom stereocenters. The number of aryl methyl sites for hydroxylation is 2. The van der Waals surface area contributed by atoms with Crippen LogP contribution in [0.1, 0.15) is 30.5 Å². The predicted molar refractivity (Wildman–Crippen MR) is 91.9 cm³/mol. The lowest BCUT2D eigenvalue weighted by Crippen LogP contribution is -2.42. The predicted octanol–water partition coefficient (Wildman–Crippen LogP) is 2.28. The lowest BCUT2D eigenvalue weighted by molar-refractivity contribution is -0.122. The van der Waals surface area contributed by atoms with Crippen LogP contribution in [0, 0.1) is 6.92 Å². The summed E-state index contributed by atoms with van der Waals surface area (Å²) < 4.78 is 7.76. The maximum atomic E-state index is 12.1. The molecule has 0 aliphatic carbocycles. The molecule has 1 aromatic carbocycles. The molecule has 1 fully saturated rings. The standard InChI is InChI=1S/C18H24N4O2/c1-13-15(12-20-16-10-6-7-11-19-17(16)23)18(22(2)21-13)24-14-8-4-3-5-9-14/h3-5,8-9,16,20H,6-7,10-12H2,1-2H3,(H,19,23)/t16-/m1/s1. The second-order valence-electron chi connectivity index (χ2n) is 6.13. The molecule has 128 valence electrons. The number of hydrogen-bond donors (Lipinski definition) is 2. The fourth-order valence-corrected chi connectivity index (χ4v) is 2.97. The van der Waals surface area contributed by atoms with Crippen molar-refractivity contribution in [3.05, 3.63) is 41.6 Å². The number of ether oxygens (including phenoxy) is 1. The molecule has 0 radical (unpaired) electrons. The monoisotopic (exact) mass is 328 g/mol. The molecule has 1 saturated heterocycles. The van der Waals surface area contributed by atoms with Crippen LogP contribution in [0.5, 0.6) is 11.6 Å². The Kier molecular flexibility index (Phi) is 5.15. The van der Waals surface area contributed by atoms with E-state index >= 15 is 0 Å². The highest BCUT2D eigenvalue weighted by molar-refractivity contribution is 5.81. The Bertz CT molecular complexity index is 697. The van der Waals surface area contributed by atoms with Crippen LogP contribution in [0.25, 0.3) is 0 Å². The lowest BCUT2D eigenvalue weighted by Gasteiger charge is -2.16. The van der Waals surface area contributed by atoms with Crippen LogP contribution >= 0.6 is 0 Å². The number of carbonyl (C=O) groups is 1. The van der Waals surface area contributed by atoms with E-state index in [0.717, 1.165) is 42.8 Å². The Balaban J connectivity index is 1.74. The molecule has 1 aromatic heterocycles. The number of rotatable bonds is 5. The van der Waals surface area contributed by atoms with Crippen LogP contribution < -0.4 is 15.4 Å². The van der Waals surface area contributed by atoms with Gasteiger partial charge in [0.1, 0.15) is 5.75 Å². The molecule has 0 unspecified atom stereocenters. The molecule has 2 N–H and O–H groups in total. The SMILES string of the molecule is Cc1nn(C)c(Oc2ccccc2)c1CN[C@@H]1CCCCNC1=O. The van der Waals surface area contributed by atoms with Crippen LogP contribution in [-0.4, -0.2) is 28.3 Å². The van der Waals surface area contributed by atoms with Gasteiger partial charge in [0, 0.05) is 20.1 Å². The average Bonchev–Trinajstić information content (AvgIpc) is 2.73. The minimum atomic E-state index is -0.156. The van der Waals surface area contributed by atoms with Crippen LogP contribution in [0.2, 0.25) is 0 Å². The van der Waals surface area contributed by atoms with Gasteiger partial charge in [0.05, 0.1) is 17.3 Å². The number of hydrogen-bond acceptors (Lipinski definition) is 4. The first-order valence-electron chi connectivity index (χ1n) is 8.41. The van der Waals surface area contributed by atoms with E-state index in [-0.39, 0.29) is 11.9 Å². The zero-order valence-electron chi connectivity index (χ0n) is 14.2. The lowest BCUT2D eigenvalue weighted by atomic mass is 10.1. The van der Waals surface area contributed by atoms with E-state index in [1.807, 2.05) is 44.3 Å². The third-order valence-electron chi connectivity index (χ3n) is 4.31. The Morgan fingerprint density at radius 2 is 2.12 bits per heavy atom. The highest BCUT2D eigenvalue weighted by Crippen LogP contribution is 2.27. The number of benzene rings is 1. The Hall–Kier alpha value is -2.34. The third kappa shape index (κ3) is 3.76. The molecule has 2 aromatic rings. The first kappa shape index (κ1) is 16.5. The molecular formula is C18H24N4O2. The molecular weight excluding hydrogens is 304 g/mol. The average molecular weight is 328 g/mol. The summed E-state index contributed by atoms with van der Waals surface area (Å²) in [6, 6.07) is 9.50. The van der Waals surface area contributed by atoms with E-state index in [4.69, 9.17) is 4.74 Å². The van der Waals surface area contributed by atoms with Crippen molar-refractivity contribution < 1.29 is 9.53 Å². The van der Waals surface area contributed by atoms with Gasteiger partial charge in [0.15, 0.2) is 0 Å². The molecule has 1 aliphatic heterocycles. The normalized spacial score (nSPS) is 18.1. The first-order chi connectivity index (χ1) is 11.6. The molecule has 6 heteroatoms. The summed E-state index contributed by atoms with van der Waals surface area (Å²) >= 11 is 0. The molecule has 1 amide bonds. The van der Waals surface area contributed by atoms with Crippen molar-refractivity contribution >= 4 is 5.91 Å². The van der Waals surface area contributed by atoms with E-state index in [0.29, 0.717) is 12.4 Å². The highest BCUT2D eigenvalue weighted by Gasteiger charge is 2.22. The van der Waals surface area contributed by atoms with Gasteiger partial charge >= 0.3 is 0 Å². The number of nitrogens with zero attached hydrogens (tertiary/aromatic N) is 2. The molecule has 24 heavy (non-hydrogen) atoms. The summed E-state index contributed by atoms with van der Waals surface area (Å²) in [7, 11) is 1.87. The summed E-state index contributed by atoms with van der Waals surface area (Å²) in [5, 5.41) is 10.8. The van der Waals surface area contributed by atoms with Crippen LogP contribution in [0.4, 0.5) is 0 Å². The largest absolute Gasteiger partial charge is 0.439 e. The Labute approximate surface area is 142 Å². The molecule has 1 aliphatic rings. The van der Waals surface area contributed by atoms with E-state index in [2.05, 4.69) is 15.7 Å². The van der Waals surface area contributed by atoms with Gasteiger partial charge in [-0.2, -0.15) is 5.10 Å². The van der Waals surface area contributed by atoms with E-state index in [1.165, 1.54) is 0 Å². The fourth-order valence-electron chi connectivity index (χ4n) is 2.97.